The van der Waals surface area contributed by atoms with Crippen molar-refractivity contribution in [2.45, 2.75) is 25.8 Å². The number of aliphatic hydroxyl groups is 1. The molecule has 1 atom stereocenters. The quantitative estimate of drug-likeness (QED) is 0.654. The number of imidazole rings is 1. The molecule has 0 bridgehead atoms. The lowest BCUT2D eigenvalue weighted by Crippen LogP contribution is -2.28. The van der Waals surface area contributed by atoms with Crippen LogP contribution in [0.4, 0.5) is 0 Å². The molecule has 19 heavy (non-hydrogen) atoms. The number of H-pyrrole nitrogens is 2. The molecule has 1 unspecified atom stereocenters. The molecule has 102 valence electrons. The molecule has 1 fully saturated rings. The Morgan fingerprint density at radius 3 is 2.79 bits per heavy atom. The van der Waals surface area contributed by atoms with E-state index in [1.807, 2.05) is 18.2 Å². The van der Waals surface area contributed by atoms with Gasteiger partial charge in [-0.3, -0.25) is 0 Å². The Kier molecular flexibility index (Phi) is 2.95. The Labute approximate surface area is 111 Å². The minimum Gasteiger partial charge on any atom is -0.396 e. The Morgan fingerprint density at radius 1 is 1.37 bits per heavy atom. The molecule has 0 aliphatic heterocycles. The van der Waals surface area contributed by atoms with E-state index in [4.69, 9.17) is 0 Å². The van der Waals surface area contributed by atoms with Crippen LogP contribution in [0.5, 0.6) is 0 Å². The number of rotatable bonds is 5. The summed E-state index contributed by atoms with van der Waals surface area (Å²) in [5.41, 5.74) is 2.73. The first kappa shape index (κ1) is 12.4. The zero-order valence-corrected chi connectivity index (χ0v) is 11.0. The van der Waals surface area contributed by atoms with Crippen LogP contribution in [-0.2, 0) is 0 Å². The van der Waals surface area contributed by atoms with Crippen LogP contribution in [0.2, 0.25) is 0 Å². The maximum atomic E-state index is 11.2. The molecule has 1 aliphatic rings. The third-order valence-electron chi connectivity index (χ3n) is 4.12. The predicted octanol–water partition coefficient (Wildman–Crippen LogP) is 1.28. The lowest BCUT2D eigenvalue weighted by atomic mass is 10.1. The van der Waals surface area contributed by atoms with Gasteiger partial charge in [-0.25, -0.2) is 4.79 Å². The van der Waals surface area contributed by atoms with Crippen molar-refractivity contribution in [3.05, 3.63) is 34.2 Å². The maximum Gasteiger partial charge on any atom is 0.323 e. The van der Waals surface area contributed by atoms with E-state index in [1.165, 1.54) is 0 Å². The molecule has 1 aromatic carbocycles. The van der Waals surface area contributed by atoms with E-state index in [1.54, 1.807) is 0 Å². The normalized spacial score (nSPS) is 18.6. The second kappa shape index (κ2) is 4.51. The van der Waals surface area contributed by atoms with Gasteiger partial charge in [0.15, 0.2) is 0 Å². The summed E-state index contributed by atoms with van der Waals surface area (Å²) >= 11 is 0. The van der Waals surface area contributed by atoms with Crippen molar-refractivity contribution in [3.63, 3.8) is 0 Å². The highest BCUT2D eigenvalue weighted by molar-refractivity contribution is 5.75. The zero-order chi connectivity index (χ0) is 13.5. The summed E-state index contributed by atoms with van der Waals surface area (Å²) in [5, 5.41) is 12.8. The van der Waals surface area contributed by atoms with E-state index in [2.05, 4.69) is 22.2 Å². The molecule has 0 radical (unpaired) electrons. The number of aromatic nitrogens is 2. The second-order valence-electron chi connectivity index (χ2n) is 5.64. The van der Waals surface area contributed by atoms with Crippen molar-refractivity contribution in [3.8, 4) is 0 Å². The smallest absolute Gasteiger partial charge is 0.323 e. The average Bonchev–Trinajstić information content (AvgIpc) is 3.10. The molecule has 5 heteroatoms. The van der Waals surface area contributed by atoms with Crippen LogP contribution in [0, 0.1) is 5.41 Å². The molecule has 1 aromatic heterocycles. The van der Waals surface area contributed by atoms with Crippen LogP contribution in [0.25, 0.3) is 11.0 Å². The van der Waals surface area contributed by atoms with Gasteiger partial charge in [-0.05, 0) is 37.5 Å². The maximum absolute atomic E-state index is 11.2. The van der Waals surface area contributed by atoms with Crippen molar-refractivity contribution in [1.82, 2.24) is 15.3 Å². The first-order chi connectivity index (χ1) is 9.12. The van der Waals surface area contributed by atoms with E-state index in [-0.39, 0.29) is 23.8 Å². The minimum atomic E-state index is -0.176. The molecule has 3 rings (SSSR count). The van der Waals surface area contributed by atoms with Crippen molar-refractivity contribution < 1.29 is 5.11 Å². The lowest BCUT2D eigenvalue weighted by Gasteiger charge is -2.18. The van der Waals surface area contributed by atoms with Crippen LogP contribution in [0.15, 0.2) is 23.0 Å². The van der Waals surface area contributed by atoms with E-state index in [0.717, 1.165) is 36.0 Å². The van der Waals surface area contributed by atoms with Gasteiger partial charge >= 0.3 is 5.69 Å². The van der Waals surface area contributed by atoms with Crippen LogP contribution >= 0.6 is 0 Å². The van der Waals surface area contributed by atoms with Crippen molar-refractivity contribution in [2.24, 2.45) is 5.41 Å². The van der Waals surface area contributed by atoms with Gasteiger partial charge in [0.2, 0.25) is 0 Å². The summed E-state index contributed by atoms with van der Waals surface area (Å²) < 4.78 is 0. The molecule has 4 N–H and O–H groups in total. The van der Waals surface area contributed by atoms with Gasteiger partial charge in [0.1, 0.15) is 0 Å². The molecule has 2 aromatic rings. The molecule has 1 saturated carbocycles. The zero-order valence-electron chi connectivity index (χ0n) is 11.0. The molecule has 0 saturated heterocycles. The topological polar surface area (TPSA) is 80.9 Å². The van der Waals surface area contributed by atoms with Gasteiger partial charge in [-0.15, -0.1) is 0 Å². The van der Waals surface area contributed by atoms with E-state index in [0.29, 0.717) is 0 Å². The van der Waals surface area contributed by atoms with Gasteiger partial charge in [0, 0.05) is 24.6 Å². The number of aliphatic hydroxyl groups excluding tert-OH is 1. The van der Waals surface area contributed by atoms with Gasteiger partial charge in [-0.2, -0.15) is 0 Å². The summed E-state index contributed by atoms with van der Waals surface area (Å²) in [5.74, 6) is 0. The predicted molar refractivity (Wildman–Crippen MR) is 74.1 cm³/mol. The van der Waals surface area contributed by atoms with Crippen molar-refractivity contribution in [1.29, 1.82) is 0 Å². The summed E-state index contributed by atoms with van der Waals surface area (Å²) in [7, 11) is 0. The first-order valence-corrected chi connectivity index (χ1v) is 6.68. The fraction of sp³-hybridized carbons (Fsp3) is 0.500. The number of fused-ring (bicyclic) bond motifs is 1. The number of hydrogen-bond donors (Lipinski definition) is 4. The largest absolute Gasteiger partial charge is 0.396 e. The highest BCUT2D eigenvalue weighted by Crippen LogP contribution is 2.44. The standard InChI is InChI=1S/C14H19N3O2/c1-9(15-7-14(8-18)4-5-14)10-2-3-11-12(6-10)17-13(19)16-11/h2-3,6,9,15,18H,4-5,7-8H2,1H3,(H2,16,17,19). The summed E-state index contributed by atoms with van der Waals surface area (Å²) in [6, 6.07) is 6.12. The molecule has 0 spiro atoms. The second-order valence-corrected chi connectivity index (χ2v) is 5.64. The molecule has 1 heterocycles. The van der Waals surface area contributed by atoms with Crippen LogP contribution in [0.3, 0.4) is 0 Å². The highest BCUT2D eigenvalue weighted by atomic mass is 16.3. The summed E-state index contributed by atoms with van der Waals surface area (Å²) in [6.07, 6.45) is 2.21. The molecule has 1 aliphatic carbocycles. The SMILES string of the molecule is CC(NCC1(CO)CC1)c1ccc2[nH]c(=O)[nH]c2c1. The summed E-state index contributed by atoms with van der Waals surface area (Å²) in [6.45, 7) is 3.20. The monoisotopic (exact) mass is 261 g/mol. The van der Waals surface area contributed by atoms with Gasteiger partial charge in [0.25, 0.3) is 0 Å². The van der Waals surface area contributed by atoms with Gasteiger partial charge in [0.05, 0.1) is 11.0 Å². The average molecular weight is 261 g/mol. The minimum absolute atomic E-state index is 0.112. The van der Waals surface area contributed by atoms with Crippen LogP contribution in [0.1, 0.15) is 31.4 Å². The van der Waals surface area contributed by atoms with E-state index in [9.17, 15) is 9.90 Å². The molecule has 5 nitrogen and oxygen atoms in total. The van der Waals surface area contributed by atoms with E-state index >= 15 is 0 Å². The molecular weight excluding hydrogens is 242 g/mol. The number of nitrogens with one attached hydrogen (secondary N) is 3. The van der Waals surface area contributed by atoms with Crippen LogP contribution < -0.4 is 11.0 Å². The van der Waals surface area contributed by atoms with Crippen LogP contribution in [-0.4, -0.2) is 28.2 Å². The first-order valence-electron chi connectivity index (χ1n) is 6.68. The lowest BCUT2D eigenvalue weighted by molar-refractivity contribution is 0.204. The summed E-state index contributed by atoms with van der Waals surface area (Å²) in [4.78, 5) is 16.7. The number of hydrogen-bond acceptors (Lipinski definition) is 3. The Hall–Kier alpha value is -1.59. The van der Waals surface area contributed by atoms with Gasteiger partial charge < -0.3 is 20.4 Å². The Bertz CT molecular complexity index is 639. The molecular formula is C14H19N3O2. The fourth-order valence-corrected chi connectivity index (χ4v) is 2.37. The van der Waals surface area contributed by atoms with E-state index < -0.39 is 0 Å². The molecule has 0 amide bonds. The Morgan fingerprint density at radius 2 is 2.11 bits per heavy atom. The third-order valence-corrected chi connectivity index (χ3v) is 4.12. The Balaban J connectivity index is 1.73. The number of aromatic amines is 2. The highest BCUT2D eigenvalue weighted by Gasteiger charge is 2.41. The fourth-order valence-electron chi connectivity index (χ4n) is 2.37. The van der Waals surface area contributed by atoms with Crippen molar-refractivity contribution in [2.75, 3.05) is 13.2 Å². The van der Waals surface area contributed by atoms with Crippen molar-refractivity contribution >= 4 is 11.0 Å². The number of benzene rings is 1. The van der Waals surface area contributed by atoms with Gasteiger partial charge in [-0.1, -0.05) is 6.07 Å². The third kappa shape index (κ3) is 2.43.